The molecule has 0 amide bonds. The molecule has 0 atom stereocenters. The van der Waals surface area contributed by atoms with Crippen molar-refractivity contribution < 1.29 is 40.3 Å². The smallest absolute Gasteiger partial charge is 0.347 e. The summed E-state index contributed by atoms with van der Waals surface area (Å²) in [7, 11) is -9.96. The van der Waals surface area contributed by atoms with Gasteiger partial charge >= 0.3 is 11.9 Å². The van der Waals surface area contributed by atoms with Crippen LogP contribution < -0.4 is 0 Å². The second-order valence-electron chi connectivity index (χ2n) is 7.72. The third-order valence-corrected chi connectivity index (χ3v) is 7.25. The quantitative estimate of drug-likeness (QED) is 0.205. The van der Waals surface area contributed by atoms with E-state index < -0.39 is 53.1 Å². The van der Waals surface area contributed by atoms with E-state index in [0.717, 1.165) is 12.1 Å². The van der Waals surface area contributed by atoms with Crippen LogP contribution in [0, 0.1) is 0 Å². The van der Waals surface area contributed by atoms with Gasteiger partial charge in [0.1, 0.15) is 9.79 Å². The summed E-state index contributed by atoms with van der Waals surface area (Å²) in [5, 5.41) is 0. The number of carbonyl (C=O) groups is 2. The normalized spacial score (nSPS) is 11.6. The molecule has 0 fully saturated rings. The van der Waals surface area contributed by atoms with E-state index in [2.05, 4.69) is 0 Å². The molecule has 0 bridgehead atoms. The van der Waals surface area contributed by atoms with Crippen LogP contribution in [-0.4, -0.2) is 37.9 Å². The Morgan fingerprint density at radius 2 is 0.865 bits per heavy atom. The van der Waals surface area contributed by atoms with Crippen LogP contribution in [-0.2, 0) is 25.0 Å². The Morgan fingerprint density at radius 1 is 0.514 bits per heavy atom. The first-order valence-corrected chi connectivity index (χ1v) is 13.4. The second kappa shape index (κ2) is 10.1. The lowest BCUT2D eigenvalue weighted by Gasteiger charge is -2.14. The summed E-state index contributed by atoms with van der Waals surface area (Å²) >= 11 is 0. The van der Waals surface area contributed by atoms with E-state index in [1.807, 2.05) is 0 Å². The van der Waals surface area contributed by atoms with E-state index in [1.54, 1.807) is 60.7 Å². The predicted octanol–water partition coefficient (Wildman–Crippen LogP) is 4.51. The molecule has 0 radical (unpaired) electrons. The Morgan fingerprint density at radius 3 is 1.19 bits per heavy atom. The third kappa shape index (κ3) is 5.49. The fraction of sp³-hybridized carbons (Fsp3) is 0. The molecule has 4 aromatic rings. The molecule has 9 nitrogen and oxygen atoms in total. The highest BCUT2D eigenvalue weighted by atomic mass is 32.2. The molecule has 0 saturated carbocycles. The lowest BCUT2D eigenvalue weighted by atomic mass is 10.0. The number of hydrogen-bond acceptors (Lipinski definition) is 7. The number of hydrogen-bond donors (Lipinski definition) is 2. The zero-order chi connectivity index (χ0) is 26.8. The molecule has 0 aliphatic carbocycles. The molecule has 0 aromatic heterocycles. The molecule has 4 rings (SSSR count). The van der Waals surface area contributed by atoms with Crippen molar-refractivity contribution in [3.05, 3.63) is 108 Å². The lowest BCUT2D eigenvalue weighted by molar-refractivity contribution is 0.0391. The molecule has 2 N–H and O–H groups in total. The van der Waals surface area contributed by atoms with Crippen LogP contribution >= 0.6 is 0 Å². The van der Waals surface area contributed by atoms with Gasteiger partial charge in [0.2, 0.25) is 0 Å². The fourth-order valence-corrected chi connectivity index (χ4v) is 5.62. The summed E-state index contributed by atoms with van der Waals surface area (Å²) in [5.74, 6) is -2.91. The van der Waals surface area contributed by atoms with Gasteiger partial charge in [-0.15, -0.1) is 0 Å². The minimum absolute atomic E-state index is 0.0188. The predicted molar refractivity (Wildman–Crippen MR) is 133 cm³/mol. The van der Waals surface area contributed by atoms with Gasteiger partial charge in [0, 0.05) is 11.1 Å². The summed E-state index contributed by atoms with van der Waals surface area (Å²) in [6.45, 7) is 0. The topological polar surface area (TPSA) is 152 Å². The first kappa shape index (κ1) is 25.9. The van der Waals surface area contributed by atoms with Crippen molar-refractivity contribution >= 4 is 32.2 Å². The molecule has 37 heavy (non-hydrogen) atoms. The molecule has 0 aliphatic rings. The van der Waals surface area contributed by atoms with E-state index >= 15 is 0 Å². The molecule has 11 heteroatoms. The molecular formula is C26H18O9S2. The van der Waals surface area contributed by atoms with Crippen molar-refractivity contribution in [3.63, 3.8) is 0 Å². The van der Waals surface area contributed by atoms with Gasteiger partial charge in [0.15, 0.2) is 0 Å². The molecule has 0 heterocycles. The van der Waals surface area contributed by atoms with Gasteiger partial charge in [-0.25, -0.2) is 9.59 Å². The van der Waals surface area contributed by atoms with Crippen molar-refractivity contribution in [3.8, 4) is 22.3 Å². The fourth-order valence-electron chi connectivity index (χ4n) is 3.84. The van der Waals surface area contributed by atoms with Gasteiger partial charge in [-0.05, 0) is 23.3 Å². The van der Waals surface area contributed by atoms with E-state index in [1.165, 1.54) is 24.3 Å². The summed E-state index contributed by atoms with van der Waals surface area (Å²) in [6, 6.07) is 23.5. The minimum Gasteiger partial charge on any atom is -0.386 e. The van der Waals surface area contributed by atoms with Crippen LogP contribution in [0.15, 0.2) is 107 Å². The van der Waals surface area contributed by atoms with Crippen molar-refractivity contribution in [1.29, 1.82) is 0 Å². The van der Waals surface area contributed by atoms with Crippen LogP contribution in [0.1, 0.15) is 20.7 Å². The average Bonchev–Trinajstić information content (AvgIpc) is 2.87. The van der Waals surface area contributed by atoms with Crippen LogP contribution in [0.4, 0.5) is 0 Å². The van der Waals surface area contributed by atoms with Gasteiger partial charge in [-0.3, -0.25) is 9.11 Å². The zero-order valence-electron chi connectivity index (χ0n) is 18.8. The number of benzene rings is 4. The van der Waals surface area contributed by atoms with Gasteiger partial charge in [0.05, 0.1) is 11.1 Å². The van der Waals surface area contributed by atoms with Gasteiger partial charge in [-0.2, -0.15) is 16.8 Å². The maximum Gasteiger partial charge on any atom is 0.347 e. The van der Waals surface area contributed by atoms with Gasteiger partial charge in [-0.1, -0.05) is 84.9 Å². The largest absolute Gasteiger partial charge is 0.386 e. The molecular weight excluding hydrogens is 520 g/mol. The van der Waals surface area contributed by atoms with E-state index in [-0.39, 0.29) is 11.1 Å². The van der Waals surface area contributed by atoms with Gasteiger partial charge in [0.25, 0.3) is 20.2 Å². The molecule has 0 saturated heterocycles. The molecule has 0 unspecified atom stereocenters. The maximum atomic E-state index is 13.0. The Hall–Kier alpha value is -4.16. The minimum atomic E-state index is -4.98. The second-order valence-corrected chi connectivity index (χ2v) is 10.4. The SMILES string of the molecule is O=C(OC(=O)c1cccc(-c2ccccc2)c1S(=O)(=O)O)c1cccc(-c2ccccc2)c1S(=O)(=O)O. The van der Waals surface area contributed by atoms with E-state index in [4.69, 9.17) is 4.74 Å². The number of ether oxygens (including phenoxy) is 1. The summed E-state index contributed by atoms with van der Waals surface area (Å²) < 4.78 is 73.6. The molecule has 0 aliphatic heterocycles. The summed E-state index contributed by atoms with van der Waals surface area (Å²) in [6.07, 6.45) is 0. The zero-order valence-corrected chi connectivity index (χ0v) is 20.4. The first-order chi connectivity index (χ1) is 17.5. The number of carbonyl (C=O) groups excluding carboxylic acids is 2. The first-order valence-electron chi connectivity index (χ1n) is 10.6. The summed E-state index contributed by atoms with van der Waals surface area (Å²) in [5.41, 5.74) is -0.611. The van der Waals surface area contributed by atoms with E-state index in [9.17, 15) is 35.5 Å². The van der Waals surface area contributed by atoms with Gasteiger partial charge < -0.3 is 4.74 Å². The number of esters is 2. The van der Waals surface area contributed by atoms with Crippen LogP contribution in [0.25, 0.3) is 22.3 Å². The molecule has 188 valence electrons. The van der Waals surface area contributed by atoms with E-state index in [0.29, 0.717) is 11.1 Å². The van der Waals surface area contributed by atoms with Crippen LogP contribution in [0.2, 0.25) is 0 Å². The Labute approximate surface area is 212 Å². The molecule has 0 spiro atoms. The van der Waals surface area contributed by atoms with Crippen molar-refractivity contribution in [2.75, 3.05) is 0 Å². The average molecular weight is 539 g/mol. The maximum absolute atomic E-state index is 13.0. The van der Waals surface area contributed by atoms with Crippen LogP contribution in [0.3, 0.4) is 0 Å². The Kier molecular flexibility index (Phi) is 7.05. The lowest BCUT2D eigenvalue weighted by Crippen LogP contribution is -2.19. The van der Waals surface area contributed by atoms with Crippen molar-refractivity contribution in [2.45, 2.75) is 9.79 Å². The Bertz CT molecular complexity index is 1580. The van der Waals surface area contributed by atoms with Crippen molar-refractivity contribution in [2.24, 2.45) is 0 Å². The Balaban J connectivity index is 1.80. The highest BCUT2D eigenvalue weighted by Crippen LogP contribution is 2.33. The van der Waals surface area contributed by atoms with Crippen LogP contribution in [0.5, 0.6) is 0 Å². The third-order valence-electron chi connectivity index (χ3n) is 5.34. The van der Waals surface area contributed by atoms with Crippen molar-refractivity contribution in [1.82, 2.24) is 0 Å². The standard InChI is InChI=1S/C26H18O9S2/c27-25(21-15-7-13-19(23(21)36(29,30)31)17-9-3-1-4-10-17)35-26(28)22-16-8-14-20(24(22)37(32,33)34)18-11-5-2-6-12-18/h1-16H,(H,29,30,31)(H,32,33,34). The monoisotopic (exact) mass is 538 g/mol. The highest BCUT2D eigenvalue weighted by molar-refractivity contribution is 7.86. The summed E-state index contributed by atoms with van der Waals surface area (Å²) in [4.78, 5) is 24.4. The number of rotatable bonds is 6. The highest BCUT2D eigenvalue weighted by Gasteiger charge is 2.30. The molecule has 4 aromatic carbocycles.